The lowest BCUT2D eigenvalue weighted by Crippen LogP contribution is -2.29. The zero-order chi connectivity index (χ0) is 24.7. The number of halogens is 1. The van der Waals surface area contributed by atoms with E-state index >= 15 is 4.39 Å². The third-order valence-electron chi connectivity index (χ3n) is 5.82. The number of carbonyl (C=O) groups excluding carboxylic acids is 2. The highest BCUT2D eigenvalue weighted by Gasteiger charge is 2.49. The highest BCUT2D eigenvalue weighted by molar-refractivity contribution is 7.22. The Kier molecular flexibility index (Phi) is 5.82. The van der Waals surface area contributed by atoms with Gasteiger partial charge in [-0.25, -0.2) is 9.37 Å². The van der Waals surface area contributed by atoms with Crippen LogP contribution < -0.4 is 9.64 Å². The molecule has 1 N–H and O–H groups in total. The molecule has 1 aliphatic rings. The number of Topliss-reactive ketones (excluding diaryl/α,β-unsaturated/α-hetero) is 1. The first kappa shape index (κ1) is 22.7. The monoisotopic (exact) mass is 488 g/mol. The number of aliphatic hydroxyl groups excluding tert-OH is 1. The summed E-state index contributed by atoms with van der Waals surface area (Å²) in [6.45, 7) is 4.28. The summed E-state index contributed by atoms with van der Waals surface area (Å²) in [5.74, 6) is -2.17. The summed E-state index contributed by atoms with van der Waals surface area (Å²) in [4.78, 5) is 32.3. The van der Waals surface area contributed by atoms with Gasteiger partial charge in [-0.05, 0) is 61.9 Å². The molecule has 1 fully saturated rings. The molecular formula is C27H21FN2O4S. The molecule has 1 atom stereocenters. The Labute approximate surface area is 204 Å². The normalized spacial score (nSPS) is 17.3. The minimum absolute atomic E-state index is 0.0922. The molecule has 2 heterocycles. The molecule has 1 aromatic heterocycles. The number of ether oxygens (including phenoxy) is 1. The van der Waals surface area contributed by atoms with Gasteiger partial charge in [-0.2, -0.15) is 0 Å². The Hall–Kier alpha value is -4.04. The van der Waals surface area contributed by atoms with Crippen molar-refractivity contribution in [3.8, 4) is 5.75 Å². The molecular weight excluding hydrogens is 467 g/mol. The minimum Gasteiger partial charge on any atom is -0.507 e. The van der Waals surface area contributed by atoms with Crippen LogP contribution in [-0.2, 0) is 9.59 Å². The van der Waals surface area contributed by atoms with Crippen molar-refractivity contribution in [2.45, 2.75) is 19.9 Å². The number of amides is 1. The van der Waals surface area contributed by atoms with E-state index in [2.05, 4.69) is 4.98 Å². The van der Waals surface area contributed by atoms with E-state index in [1.54, 1.807) is 30.3 Å². The SMILES string of the molecule is CCOc1ccc(C(O)=C2C(=O)C(=O)N(c3nc4ccc(C)cc4s3)[C@H]2c2ccccc2F)cc1. The summed E-state index contributed by atoms with van der Waals surface area (Å²) in [6.07, 6.45) is 0. The van der Waals surface area contributed by atoms with E-state index in [0.29, 0.717) is 23.4 Å². The molecule has 0 unspecified atom stereocenters. The molecule has 3 aromatic carbocycles. The standard InChI is InChI=1S/C27H21FN2O4S/c1-3-34-17-11-9-16(10-12-17)24(31)22-23(18-6-4-5-7-19(18)28)30(26(33)25(22)32)27-29-20-13-8-15(2)14-21(20)35-27/h4-14,23,31H,3H2,1-2H3/t23-/m0/s1. The number of aryl methyl sites for hydroxylation is 1. The summed E-state index contributed by atoms with van der Waals surface area (Å²) in [7, 11) is 0. The Morgan fingerprint density at radius 3 is 2.57 bits per heavy atom. The number of thiazole rings is 1. The van der Waals surface area contributed by atoms with Gasteiger partial charge in [0.05, 0.1) is 22.4 Å². The molecule has 1 saturated heterocycles. The molecule has 0 bridgehead atoms. The van der Waals surface area contributed by atoms with Crippen LogP contribution in [0.5, 0.6) is 5.75 Å². The zero-order valence-electron chi connectivity index (χ0n) is 19.0. The van der Waals surface area contributed by atoms with Crippen molar-refractivity contribution in [3.05, 3.63) is 94.8 Å². The second-order valence-corrected chi connectivity index (χ2v) is 9.12. The molecule has 176 valence electrons. The number of fused-ring (bicyclic) bond motifs is 1. The maximum absolute atomic E-state index is 15.0. The van der Waals surface area contributed by atoms with E-state index in [1.165, 1.54) is 34.4 Å². The number of aliphatic hydroxyl groups is 1. The van der Waals surface area contributed by atoms with Crippen molar-refractivity contribution in [2.24, 2.45) is 0 Å². The highest BCUT2D eigenvalue weighted by atomic mass is 32.1. The lowest BCUT2D eigenvalue weighted by atomic mass is 9.95. The van der Waals surface area contributed by atoms with Crippen molar-refractivity contribution >= 4 is 44.1 Å². The van der Waals surface area contributed by atoms with Crippen LogP contribution in [0.15, 0.2) is 72.3 Å². The van der Waals surface area contributed by atoms with Crippen LogP contribution in [0, 0.1) is 12.7 Å². The fourth-order valence-electron chi connectivity index (χ4n) is 4.17. The topological polar surface area (TPSA) is 79.7 Å². The van der Waals surface area contributed by atoms with Gasteiger partial charge in [-0.3, -0.25) is 14.5 Å². The van der Waals surface area contributed by atoms with Gasteiger partial charge in [0, 0.05) is 11.1 Å². The van der Waals surface area contributed by atoms with Crippen molar-refractivity contribution in [1.29, 1.82) is 0 Å². The number of carbonyl (C=O) groups is 2. The largest absolute Gasteiger partial charge is 0.507 e. The van der Waals surface area contributed by atoms with Crippen LogP contribution in [0.3, 0.4) is 0 Å². The van der Waals surface area contributed by atoms with Gasteiger partial charge >= 0.3 is 5.91 Å². The lowest BCUT2D eigenvalue weighted by molar-refractivity contribution is -0.132. The van der Waals surface area contributed by atoms with E-state index in [4.69, 9.17) is 4.74 Å². The first-order valence-corrected chi connectivity index (χ1v) is 11.9. The molecule has 0 saturated carbocycles. The summed E-state index contributed by atoms with van der Waals surface area (Å²) in [6, 6.07) is 16.9. The molecule has 6 nitrogen and oxygen atoms in total. The average Bonchev–Trinajstić information content (AvgIpc) is 3.37. The van der Waals surface area contributed by atoms with Crippen LogP contribution in [0.25, 0.3) is 16.0 Å². The highest BCUT2D eigenvalue weighted by Crippen LogP contribution is 2.45. The number of hydrogen-bond acceptors (Lipinski definition) is 6. The van der Waals surface area contributed by atoms with E-state index in [9.17, 15) is 14.7 Å². The van der Waals surface area contributed by atoms with Crippen LogP contribution in [0.4, 0.5) is 9.52 Å². The van der Waals surface area contributed by atoms with Crippen LogP contribution in [0.1, 0.15) is 29.7 Å². The molecule has 0 spiro atoms. The van der Waals surface area contributed by atoms with Gasteiger partial charge in [0.25, 0.3) is 5.78 Å². The Balaban J connectivity index is 1.70. The molecule has 8 heteroatoms. The molecule has 4 aromatic rings. The smallest absolute Gasteiger partial charge is 0.301 e. The predicted molar refractivity (Wildman–Crippen MR) is 133 cm³/mol. The number of rotatable bonds is 5. The van der Waals surface area contributed by atoms with Gasteiger partial charge in [-0.1, -0.05) is 35.6 Å². The first-order valence-electron chi connectivity index (χ1n) is 11.0. The number of ketones is 1. The summed E-state index contributed by atoms with van der Waals surface area (Å²) in [5, 5.41) is 11.4. The zero-order valence-corrected chi connectivity index (χ0v) is 19.8. The van der Waals surface area contributed by atoms with E-state index < -0.39 is 23.5 Å². The van der Waals surface area contributed by atoms with E-state index in [0.717, 1.165) is 10.3 Å². The van der Waals surface area contributed by atoms with Gasteiger partial charge < -0.3 is 9.84 Å². The van der Waals surface area contributed by atoms with Crippen molar-refractivity contribution in [3.63, 3.8) is 0 Å². The van der Waals surface area contributed by atoms with Gasteiger partial charge in [-0.15, -0.1) is 0 Å². The Morgan fingerprint density at radius 1 is 1.11 bits per heavy atom. The van der Waals surface area contributed by atoms with E-state index in [1.807, 2.05) is 32.0 Å². The number of benzene rings is 3. The molecule has 1 amide bonds. The van der Waals surface area contributed by atoms with Crippen LogP contribution >= 0.6 is 11.3 Å². The number of nitrogens with zero attached hydrogens (tertiary/aromatic N) is 2. The minimum atomic E-state index is -1.18. The van der Waals surface area contributed by atoms with Gasteiger partial charge in [0.15, 0.2) is 5.13 Å². The number of aromatic nitrogens is 1. The Bertz CT molecular complexity index is 1490. The summed E-state index contributed by atoms with van der Waals surface area (Å²) < 4.78 is 21.3. The average molecular weight is 489 g/mol. The quantitative estimate of drug-likeness (QED) is 0.219. The first-order chi connectivity index (χ1) is 16.9. The second kappa shape index (κ2) is 8.96. The van der Waals surface area contributed by atoms with E-state index in [-0.39, 0.29) is 22.0 Å². The van der Waals surface area contributed by atoms with Crippen LogP contribution in [-0.4, -0.2) is 28.4 Å². The lowest BCUT2D eigenvalue weighted by Gasteiger charge is -2.23. The Morgan fingerprint density at radius 2 is 1.86 bits per heavy atom. The maximum Gasteiger partial charge on any atom is 0.301 e. The predicted octanol–water partition coefficient (Wildman–Crippen LogP) is 5.77. The third kappa shape index (κ3) is 3.95. The number of hydrogen-bond donors (Lipinski definition) is 1. The van der Waals surface area contributed by atoms with Crippen molar-refractivity contribution in [1.82, 2.24) is 4.98 Å². The third-order valence-corrected chi connectivity index (χ3v) is 6.84. The molecule has 35 heavy (non-hydrogen) atoms. The fourth-order valence-corrected chi connectivity index (χ4v) is 5.27. The number of anilines is 1. The van der Waals surface area contributed by atoms with Crippen LogP contribution in [0.2, 0.25) is 0 Å². The summed E-state index contributed by atoms with van der Waals surface area (Å²) in [5.41, 5.74) is 1.90. The maximum atomic E-state index is 15.0. The molecule has 0 aliphatic carbocycles. The van der Waals surface area contributed by atoms with Crippen molar-refractivity contribution < 1.29 is 23.8 Å². The van der Waals surface area contributed by atoms with Gasteiger partial charge in [0.1, 0.15) is 23.4 Å². The second-order valence-electron chi connectivity index (χ2n) is 8.12. The summed E-state index contributed by atoms with van der Waals surface area (Å²) >= 11 is 1.23. The fraction of sp³-hybridized carbons (Fsp3) is 0.148. The van der Waals surface area contributed by atoms with Gasteiger partial charge in [0.2, 0.25) is 0 Å². The molecule has 5 rings (SSSR count). The molecule has 1 aliphatic heterocycles. The van der Waals surface area contributed by atoms with Crippen molar-refractivity contribution in [2.75, 3.05) is 11.5 Å². The molecule has 0 radical (unpaired) electrons.